The van der Waals surface area contributed by atoms with Crippen molar-refractivity contribution in [2.24, 2.45) is 0 Å². The molecule has 3 heterocycles. The molecule has 0 spiro atoms. The topological polar surface area (TPSA) is 82.6 Å². The Hall–Kier alpha value is -2.87. The van der Waals surface area contributed by atoms with E-state index >= 15 is 0 Å². The summed E-state index contributed by atoms with van der Waals surface area (Å²) in [5.41, 5.74) is 1.50. The maximum absolute atomic E-state index is 13.4. The van der Waals surface area contributed by atoms with Gasteiger partial charge in [0.1, 0.15) is 12.4 Å². The molecule has 0 bridgehead atoms. The zero-order valence-electron chi connectivity index (χ0n) is 17.5. The summed E-state index contributed by atoms with van der Waals surface area (Å²) in [5, 5.41) is 1.91. The van der Waals surface area contributed by atoms with Crippen molar-refractivity contribution in [3.63, 3.8) is 0 Å². The van der Waals surface area contributed by atoms with E-state index in [-0.39, 0.29) is 24.3 Å². The van der Waals surface area contributed by atoms with Gasteiger partial charge in [-0.05, 0) is 43.5 Å². The highest BCUT2D eigenvalue weighted by Gasteiger charge is 2.40. The zero-order chi connectivity index (χ0) is 21.8. The number of aromatic nitrogens is 1. The Morgan fingerprint density at radius 1 is 1.10 bits per heavy atom. The number of likely N-dealkylation sites (tertiary alicyclic amines) is 1. The summed E-state index contributed by atoms with van der Waals surface area (Å²) in [4.78, 5) is 47.6. The molecular formula is C23H26N4O3S. The zero-order valence-corrected chi connectivity index (χ0v) is 18.4. The number of fused-ring (bicyclic) bond motifs is 1. The van der Waals surface area contributed by atoms with Gasteiger partial charge in [-0.1, -0.05) is 31.0 Å². The fourth-order valence-electron chi connectivity index (χ4n) is 3.93. The number of thioether (sulfide) groups is 1. The number of anilines is 2. The van der Waals surface area contributed by atoms with E-state index in [9.17, 15) is 14.4 Å². The number of carbonyl (C=O) groups is 3. The van der Waals surface area contributed by atoms with E-state index in [2.05, 4.69) is 10.3 Å². The summed E-state index contributed by atoms with van der Waals surface area (Å²) in [7, 11) is 0. The Morgan fingerprint density at radius 3 is 2.58 bits per heavy atom. The first-order chi connectivity index (χ1) is 15.0. The third kappa shape index (κ3) is 4.74. The SMILES string of the molecule is Cc1cccnc1NC(=O)CN1C(=O)[C@@H](C(=O)N2CCCCCC2)Sc2ccccc21. The minimum absolute atomic E-state index is 0.155. The molecule has 0 radical (unpaired) electrons. The molecule has 162 valence electrons. The molecule has 4 rings (SSSR count). The van der Waals surface area contributed by atoms with Crippen LogP contribution in [0, 0.1) is 6.92 Å². The number of para-hydroxylation sites is 1. The number of benzene rings is 1. The molecule has 0 aliphatic carbocycles. The van der Waals surface area contributed by atoms with Crippen LogP contribution in [0.15, 0.2) is 47.5 Å². The second kappa shape index (κ2) is 9.51. The van der Waals surface area contributed by atoms with Crippen molar-refractivity contribution in [1.29, 1.82) is 0 Å². The minimum Gasteiger partial charge on any atom is -0.341 e. The second-order valence-corrected chi connectivity index (χ2v) is 8.99. The van der Waals surface area contributed by atoms with E-state index in [0.29, 0.717) is 24.6 Å². The van der Waals surface area contributed by atoms with Gasteiger partial charge in [0, 0.05) is 24.2 Å². The molecule has 2 aromatic rings. The fourth-order valence-corrected chi connectivity index (χ4v) is 5.11. The van der Waals surface area contributed by atoms with Crippen LogP contribution < -0.4 is 10.2 Å². The van der Waals surface area contributed by atoms with Crippen LogP contribution in [0.3, 0.4) is 0 Å². The number of hydrogen-bond donors (Lipinski definition) is 1. The average molecular weight is 439 g/mol. The number of aryl methyl sites for hydroxylation is 1. The quantitative estimate of drug-likeness (QED) is 0.741. The first-order valence-electron chi connectivity index (χ1n) is 10.6. The largest absolute Gasteiger partial charge is 0.341 e. The Morgan fingerprint density at radius 2 is 1.84 bits per heavy atom. The number of nitrogens with one attached hydrogen (secondary N) is 1. The predicted octanol–water partition coefficient (Wildman–Crippen LogP) is 3.24. The molecule has 2 aliphatic heterocycles. The third-order valence-electron chi connectivity index (χ3n) is 5.60. The molecule has 1 aromatic carbocycles. The molecule has 3 amide bonds. The fraction of sp³-hybridized carbons (Fsp3) is 0.391. The maximum Gasteiger partial charge on any atom is 0.250 e. The van der Waals surface area contributed by atoms with Gasteiger partial charge in [0.05, 0.1) is 5.69 Å². The van der Waals surface area contributed by atoms with Gasteiger partial charge in [-0.25, -0.2) is 4.98 Å². The molecule has 1 N–H and O–H groups in total. The molecule has 31 heavy (non-hydrogen) atoms. The number of nitrogens with zero attached hydrogens (tertiary/aromatic N) is 3. The van der Waals surface area contributed by atoms with Gasteiger partial charge in [-0.15, -0.1) is 11.8 Å². The lowest BCUT2D eigenvalue weighted by Gasteiger charge is -2.34. The van der Waals surface area contributed by atoms with Gasteiger partial charge in [0.2, 0.25) is 11.8 Å². The van der Waals surface area contributed by atoms with E-state index in [4.69, 9.17) is 0 Å². The Kier molecular flexibility index (Phi) is 6.56. The normalized spacial score (nSPS) is 18.9. The van der Waals surface area contributed by atoms with E-state index < -0.39 is 5.25 Å². The smallest absolute Gasteiger partial charge is 0.250 e. The van der Waals surface area contributed by atoms with Crippen LogP contribution in [-0.4, -0.2) is 52.5 Å². The summed E-state index contributed by atoms with van der Waals surface area (Å²) in [6.07, 6.45) is 5.75. The van der Waals surface area contributed by atoms with Gasteiger partial charge in [0.15, 0.2) is 5.25 Å². The molecule has 0 unspecified atom stereocenters. The van der Waals surface area contributed by atoms with Crippen molar-refractivity contribution in [2.45, 2.75) is 42.8 Å². The summed E-state index contributed by atoms with van der Waals surface area (Å²) in [6.45, 7) is 3.06. The van der Waals surface area contributed by atoms with Crippen molar-refractivity contribution in [3.05, 3.63) is 48.2 Å². The van der Waals surface area contributed by atoms with Gasteiger partial charge in [-0.2, -0.15) is 0 Å². The van der Waals surface area contributed by atoms with Crippen LogP contribution in [0.2, 0.25) is 0 Å². The van der Waals surface area contributed by atoms with Gasteiger partial charge in [-0.3, -0.25) is 14.4 Å². The molecule has 8 heteroatoms. The number of amides is 3. The summed E-state index contributed by atoms with van der Waals surface area (Å²) >= 11 is 1.28. The summed E-state index contributed by atoms with van der Waals surface area (Å²) < 4.78 is 0. The van der Waals surface area contributed by atoms with E-state index in [1.54, 1.807) is 12.3 Å². The van der Waals surface area contributed by atoms with Crippen LogP contribution in [0.4, 0.5) is 11.5 Å². The number of pyridine rings is 1. The van der Waals surface area contributed by atoms with Gasteiger partial charge >= 0.3 is 0 Å². The molecule has 0 saturated carbocycles. The third-order valence-corrected chi connectivity index (χ3v) is 6.84. The molecule has 1 atom stereocenters. The highest BCUT2D eigenvalue weighted by molar-refractivity contribution is 8.01. The van der Waals surface area contributed by atoms with Crippen LogP contribution in [-0.2, 0) is 14.4 Å². The summed E-state index contributed by atoms with van der Waals surface area (Å²) in [6, 6.07) is 11.1. The monoisotopic (exact) mass is 438 g/mol. The second-order valence-electron chi connectivity index (χ2n) is 7.85. The van der Waals surface area contributed by atoms with Crippen LogP contribution in [0.1, 0.15) is 31.2 Å². The number of carbonyl (C=O) groups excluding carboxylic acids is 3. The van der Waals surface area contributed by atoms with Crippen molar-refractivity contribution in [3.8, 4) is 0 Å². The Balaban J connectivity index is 1.55. The van der Waals surface area contributed by atoms with Crippen molar-refractivity contribution in [2.75, 3.05) is 29.9 Å². The maximum atomic E-state index is 13.4. The lowest BCUT2D eigenvalue weighted by atomic mass is 10.2. The van der Waals surface area contributed by atoms with Crippen LogP contribution in [0.5, 0.6) is 0 Å². The molecule has 1 aromatic heterocycles. The highest BCUT2D eigenvalue weighted by atomic mass is 32.2. The first kappa shape index (κ1) is 21.4. The number of hydrogen-bond acceptors (Lipinski definition) is 5. The molecule has 2 aliphatic rings. The molecule has 1 fully saturated rings. The Labute approximate surface area is 186 Å². The van der Waals surface area contributed by atoms with Gasteiger partial charge < -0.3 is 15.1 Å². The average Bonchev–Trinajstić information content (AvgIpc) is 3.06. The molecule has 1 saturated heterocycles. The van der Waals surface area contributed by atoms with E-state index in [1.165, 1.54) is 16.7 Å². The van der Waals surface area contributed by atoms with Crippen LogP contribution >= 0.6 is 11.8 Å². The molecule has 7 nitrogen and oxygen atoms in total. The van der Waals surface area contributed by atoms with Gasteiger partial charge in [0.25, 0.3) is 5.91 Å². The lowest BCUT2D eigenvalue weighted by Crippen LogP contribution is -2.51. The first-order valence-corrected chi connectivity index (χ1v) is 11.5. The van der Waals surface area contributed by atoms with Crippen molar-refractivity contribution >= 4 is 41.0 Å². The number of rotatable bonds is 4. The van der Waals surface area contributed by atoms with E-state index in [0.717, 1.165) is 36.1 Å². The predicted molar refractivity (Wildman–Crippen MR) is 121 cm³/mol. The standard InChI is InChI=1S/C23H26N4O3S/c1-16-9-8-12-24-21(16)25-19(28)15-27-17-10-4-5-11-18(17)31-20(23(27)30)22(29)26-13-6-2-3-7-14-26/h4-5,8-12,20H,2-3,6-7,13-15H2,1H3,(H,24,25,28)/t20-/m1/s1. The van der Waals surface area contributed by atoms with Crippen molar-refractivity contribution < 1.29 is 14.4 Å². The van der Waals surface area contributed by atoms with E-state index in [1.807, 2.05) is 42.2 Å². The minimum atomic E-state index is -0.864. The van der Waals surface area contributed by atoms with Crippen molar-refractivity contribution in [1.82, 2.24) is 9.88 Å². The van der Waals surface area contributed by atoms with Crippen LogP contribution in [0.25, 0.3) is 0 Å². The summed E-state index contributed by atoms with van der Waals surface area (Å²) in [5.74, 6) is -0.377. The lowest BCUT2D eigenvalue weighted by molar-refractivity contribution is -0.135. The Bertz CT molecular complexity index is 988. The molecular weight excluding hydrogens is 412 g/mol. The highest BCUT2D eigenvalue weighted by Crippen LogP contribution is 2.39.